The van der Waals surface area contributed by atoms with Gasteiger partial charge in [0.2, 0.25) is 0 Å². The number of nitrogens with one attached hydrogen (secondary N) is 3. The maximum Gasteiger partial charge on any atom is 0.319 e. The number of hydrogen-bond acceptors (Lipinski definition) is 4. The predicted molar refractivity (Wildman–Crippen MR) is 133 cm³/mol. The average Bonchev–Trinajstić information content (AvgIpc) is 2.84. The normalized spacial score (nSPS) is 10.3. The van der Waals surface area contributed by atoms with Crippen LogP contribution in [0.5, 0.6) is 0 Å². The highest BCUT2D eigenvalue weighted by Gasteiger charge is 2.09. The summed E-state index contributed by atoms with van der Waals surface area (Å²) < 4.78 is 4.93. The Hall–Kier alpha value is -4.13. The minimum absolute atomic E-state index is 0.224. The van der Waals surface area contributed by atoms with Gasteiger partial charge in [0.1, 0.15) is 0 Å². The molecule has 3 amide bonds. The molecule has 0 saturated carbocycles. The smallest absolute Gasteiger partial charge is 0.319 e. The van der Waals surface area contributed by atoms with Gasteiger partial charge in [0.05, 0.1) is 6.61 Å². The number of rotatable bonds is 10. The molecule has 0 bridgehead atoms. The van der Waals surface area contributed by atoms with Crippen LogP contribution in [0.25, 0.3) is 0 Å². The molecule has 0 heterocycles. The van der Waals surface area contributed by atoms with Crippen LogP contribution in [-0.2, 0) is 22.4 Å². The third-order valence-electron chi connectivity index (χ3n) is 5.06. The first-order valence-electron chi connectivity index (χ1n) is 11.3. The van der Waals surface area contributed by atoms with Gasteiger partial charge in [-0.25, -0.2) is 4.79 Å². The Morgan fingerprint density at radius 2 is 1.50 bits per heavy atom. The molecule has 34 heavy (non-hydrogen) atoms. The molecular weight excluding hydrogens is 430 g/mol. The summed E-state index contributed by atoms with van der Waals surface area (Å²) >= 11 is 0. The lowest BCUT2D eigenvalue weighted by atomic mass is 10.1. The number of anilines is 2. The highest BCUT2D eigenvalue weighted by Crippen LogP contribution is 2.15. The van der Waals surface area contributed by atoms with Gasteiger partial charge in [-0.15, -0.1) is 0 Å². The van der Waals surface area contributed by atoms with Crippen LogP contribution < -0.4 is 16.0 Å². The number of aryl methyl sites for hydroxylation is 1. The van der Waals surface area contributed by atoms with Crippen molar-refractivity contribution < 1.29 is 19.1 Å². The summed E-state index contributed by atoms with van der Waals surface area (Å²) in [6.45, 7) is 2.66. The van der Waals surface area contributed by atoms with E-state index in [9.17, 15) is 14.4 Å². The van der Waals surface area contributed by atoms with Gasteiger partial charge in [0.25, 0.3) is 5.91 Å². The van der Waals surface area contributed by atoms with E-state index in [-0.39, 0.29) is 17.9 Å². The minimum atomic E-state index is -0.327. The second-order valence-corrected chi connectivity index (χ2v) is 7.65. The molecule has 3 aromatic rings. The van der Waals surface area contributed by atoms with Crippen molar-refractivity contribution >= 4 is 29.3 Å². The van der Waals surface area contributed by atoms with E-state index in [1.807, 2.05) is 42.5 Å². The van der Waals surface area contributed by atoms with Gasteiger partial charge in [0, 0.05) is 29.9 Å². The Labute approximate surface area is 199 Å². The summed E-state index contributed by atoms with van der Waals surface area (Å²) in [5, 5.41) is 8.42. The summed E-state index contributed by atoms with van der Waals surface area (Å²) in [7, 11) is 0. The molecule has 0 atom stereocenters. The molecule has 176 valence electrons. The Balaban J connectivity index is 1.48. The maximum absolute atomic E-state index is 12.7. The molecule has 0 saturated heterocycles. The number of carbonyl (C=O) groups excluding carboxylic acids is 3. The van der Waals surface area contributed by atoms with Crippen LogP contribution >= 0.6 is 0 Å². The number of urea groups is 1. The van der Waals surface area contributed by atoms with Crippen LogP contribution in [0.2, 0.25) is 0 Å². The molecule has 7 heteroatoms. The molecule has 0 radical (unpaired) electrons. The lowest BCUT2D eigenvalue weighted by Crippen LogP contribution is -2.30. The van der Waals surface area contributed by atoms with Crippen LogP contribution in [0, 0.1) is 0 Å². The molecule has 3 N–H and O–H groups in total. The van der Waals surface area contributed by atoms with Crippen molar-refractivity contribution in [2.24, 2.45) is 0 Å². The number of benzene rings is 3. The predicted octanol–water partition coefficient (Wildman–Crippen LogP) is 4.80. The molecule has 3 aromatic carbocycles. The van der Waals surface area contributed by atoms with Crippen LogP contribution in [0.15, 0.2) is 78.9 Å². The zero-order chi connectivity index (χ0) is 24.2. The molecular formula is C27H29N3O4. The first-order chi connectivity index (χ1) is 16.5. The second kappa shape index (κ2) is 12.8. The van der Waals surface area contributed by atoms with E-state index in [2.05, 4.69) is 16.0 Å². The van der Waals surface area contributed by atoms with Crippen molar-refractivity contribution in [3.8, 4) is 0 Å². The summed E-state index contributed by atoms with van der Waals surface area (Å²) in [4.78, 5) is 36.3. The standard InChI is InChI=1S/C27H29N3O4/c1-2-34-25(31)16-13-21-11-14-23(15-12-21)29-26(32)22-9-6-10-24(19-22)30-27(33)28-18-17-20-7-4-3-5-8-20/h3-12,14-15,19H,2,13,16-18H2,1H3,(H,29,32)(H2,28,30,33). The SMILES string of the molecule is CCOC(=O)CCc1ccc(NC(=O)c2cccc(NC(=O)NCCc3ccccc3)c2)cc1. The molecule has 0 spiro atoms. The van der Waals surface area contributed by atoms with Gasteiger partial charge >= 0.3 is 12.0 Å². The minimum Gasteiger partial charge on any atom is -0.466 e. The van der Waals surface area contributed by atoms with E-state index in [0.29, 0.717) is 42.9 Å². The molecule has 3 rings (SSSR count). The number of carbonyl (C=O) groups is 3. The summed E-state index contributed by atoms with van der Waals surface area (Å²) in [6, 6.07) is 23.7. The largest absolute Gasteiger partial charge is 0.466 e. The Morgan fingerprint density at radius 3 is 2.24 bits per heavy atom. The topological polar surface area (TPSA) is 96.5 Å². The third kappa shape index (κ3) is 8.09. The molecule has 0 aliphatic rings. The van der Waals surface area contributed by atoms with E-state index in [1.165, 1.54) is 0 Å². The van der Waals surface area contributed by atoms with Gasteiger partial charge < -0.3 is 20.7 Å². The highest BCUT2D eigenvalue weighted by atomic mass is 16.5. The van der Waals surface area contributed by atoms with Crippen LogP contribution in [0.3, 0.4) is 0 Å². The quantitative estimate of drug-likeness (QED) is 0.380. The molecule has 0 aliphatic heterocycles. The van der Waals surface area contributed by atoms with Crippen molar-refractivity contribution in [1.29, 1.82) is 0 Å². The fraction of sp³-hybridized carbons (Fsp3) is 0.222. The number of hydrogen-bond donors (Lipinski definition) is 3. The van der Waals surface area contributed by atoms with Crippen LogP contribution in [0.1, 0.15) is 34.8 Å². The Bertz CT molecular complexity index is 1100. The van der Waals surface area contributed by atoms with Gasteiger partial charge in [0.15, 0.2) is 0 Å². The first-order valence-corrected chi connectivity index (χ1v) is 11.3. The number of amides is 3. The van der Waals surface area contributed by atoms with E-state index < -0.39 is 0 Å². The van der Waals surface area contributed by atoms with Gasteiger partial charge in [-0.1, -0.05) is 48.5 Å². The zero-order valence-corrected chi connectivity index (χ0v) is 19.2. The summed E-state index contributed by atoms with van der Waals surface area (Å²) in [6.07, 6.45) is 1.63. The molecule has 0 fully saturated rings. The lowest BCUT2D eigenvalue weighted by Gasteiger charge is -2.10. The second-order valence-electron chi connectivity index (χ2n) is 7.65. The zero-order valence-electron chi connectivity index (χ0n) is 19.2. The average molecular weight is 460 g/mol. The van der Waals surface area contributed by atoms with Gasteiger partial charge in [-0.2, -0.15) is 0 Å². The Kier molecular flexibility index (Phi) is 9.22. The molecule has 0 unspecified atom stereocenters. The monoisotopic (exact) mass is 459 g/mol. The summed E-state index contributed by atoms with van der Waals surface area (Å²) in [5.41, 5.74) is 3.72. The van der Waals surface area contributed by atoms with Crippen molar-refractivity contribution in [3.05, 3.63) is 95.6 Å². The fourth-order valence-corrected chi connectivity index (χ4v) is 3.32. The van der Waals surface area contributed by atoms with Crippen molar-refractivity contribution in [2.75, 3.05) is 23.8 Å². The Morgan fingerprint density at radius 1 is 0.765 bits per heavy atom. The van der Waals surface area contributed by atoms with Gasteiger partial charge in [-0.3, -0.25) is 9.59 Å². The number of ether oxygens (including phenoxy) is 1. The van der Waals surface area contributed by atoms with E-state index >= 15 is 0 Å². The summed E-state index contributed by atoms with van der Waals surface area (Å²) in [5.74, 6) is -0.509. The van der Waals surface area contributed by atoms with Crippen molar-refractivity contribution in [1.82, 2.24) is 5.32 Å². The lowest BCUT2D eigenvalue weighted by molar-refractivity contribution is -0.143. The fourth-order valence-electron chi connectivity index (χ4n) is 3.32. The van der Waals surface area contributed by atoms with Crippen molar-refractivity contribution in [3.63, 3.8) is 0 Å². The molecule has 0 aromatic heterocycles. The van der Waals surface area contributed by atoms with Crippen LogP contribution in [0.4, 0.5) is 16.2 Å². The highest BCUT2D eigenvalue weighted by molar-refractivity contribution is 6.05. The first kappa shape index (κ1) is 24.5. The third-order valence-corrected chi connectivity index (χ3v) is 5.06. The number of esters is 1. The molecule has 7 nitrogen and oxygen atoms in total. The van der Waals surface area contributed by atoms with E-state index in [0.717, 1.165) is 17.5 Å². The van der Waals surface area contributed by atoms with Gasteiger partial charge in [-0.05, 0) is 61.2 Å². The van der Waals surface area contributed by atoms with E-state index in [1.54, 1.807) is 43.3 Å². The van der Waals surface area contributed by atoms with Crippen LogP contribution in [-0.4, -0.2) is 31.1 Å². The van der Waals surface area contributed by atoms with E-state index in [4.69, 9.17) is 4.74 Å². The molecule has 0 aliphatic carbocycles. The van der Waals surface area contributed by atoms with Crippen molar-refractivity contribution in [2.45, 2.75) is 26.2 Å². The maximum atomic E-state index is 12.7.